The van der Waals surface area contributed by atoms with Gasteiger partial charge in [0.1, 0.15) is 0 Å². The Morgan fingerprint density at radius 1 is 0.958 bits per heavy atom. The van der Waals surface area contributed by atoms with Gasteiger partial charge in [-0.15, -0.1) is 0 Å². The molecule has 0 bridgehead atoms. The third-order valence-corrected chi connectivity index (χ3v) is 3.67. The summed E-state index contributed by atoms with van der Waals surface area (Å²) in [6, 6.07) is 16.8. The van der Waals surface area contributed by atoms with Gasteiger partial charge in [0.05, 0.1) is 6.21 Å². The first kappa shape index (κ1) is 17.9. The largest absolute Gasteiger partial charge is 0.326 e. The van der Waals surface area contributed by atoms with E-state index < -0.39 is 0 Å². The van der Waals surface area contributed by atoms with Crippen LogP contribution in [0.15, 0.2) is 64.2 Å². The summed E-state index contributed by atoms with van der Waals surface area (Å²) in [5, 5.41) is 6.67. The molecule has 0 heterocycles. The predicted octanol–water partition coefficient (Wildman–Crippen LogP) is 3.71. The molecule has 0 unspecified atom stereocenters. The second-order valence-corrected chi connectivity index (χ2v) is 6.03. The summed E-state index contributed by atoms with van der Waals surface area (Å²) in [7, 11) is 0. The Morgan fingerprint density at radius 2 is 1.62 bits per heavy atom. The molecule has 0 saturated carbocycles. The van der Waals surface area contributed by atoms with Crippen molar-refractivity contribution < 1.29 is 9.59 Å². The Morgan fingerprint density at radius 3 is 2.33 bits per heavy atom. The number of nitrogens with zero attached hydrogens (tertiary/aromatic N) is 1. The van der Waals surface area contributed by atoms with E-state index in [0.717, 1.165) is 15.7 Å². The minimum Gasteiger partial charge on any atom is -0.326 e. The molecule has 2 amide bonds. The third kappa shape index (κ3) is 6.75. The zero-order valence-corrected chi connectivity index (χ0v) is 14.6. The molecule has 0 radical (unpaired) electrons. The number of carbonyl (C=O) groups excluding carboxylic acids is 2. The van der Waals surface area contributed by atoms with Crippen molar-refractivity contribution >= 4 is 39.6 Å². The van der Waals surface area contributed by atoms with Gasteiger partial charge in [-0.2, -0.15) is 5.10 Å². The van der Waals surface area contributed by atoms with E-state index in [1.165, 1.54) is 0 Å². The van der Waals surface area contributed by atoms with Crippen LogP contribution >= 0.6 is 15.9 Å². The first-order valence-corrected chi connectivity index (χ1v) is 8.35. The minimum absolute atomic E-state index is 0.113. The summed E-state index contributed by atoms with van der Waals surface area (Å²) >= 11 is 3.34. The fourth-order valence-corrected chi connectivity index (χ4v) is 2.20. The van der Waals surface area contributed by atoms with Crippen LogP contribution in [0.3, 0.4) is 0 Å². The van der Waals surface area contributed by atoms with E-state index in [0.29, 0.717) is 6.42 Å². The van der Waals surface area contributed by atoms with Gasteiger partial charge in [-0.1, -0.05) is 46.3 Å². The number of halogens is 1. The summed E-state index contributed by atoms with van der Waals surface area (Å²) in [5.41, 5.74) is 4.10. The zero-order chi connectivity index (χ0) is 17.2. The standard InChI is InChI=1S/C18H18BrN3O2/c19-15-9-11-16(12-10-15)21-17(23)7-4-8-18(24)22-20-13-14-5-2-1-3-6-14/h1-3,5-6,9-13H,4,7-8H2,(H,21,23)(H,22,24). The second kappa shape index (κ2) is 9.62. The Kier molecular flexibility index (Phi) is 7.17. The molecule has 2 rings (SSSR count). The van der Waals surface area contributed by atoms with Crippen molar-refractivity contribution in [3.8, 4) is 0 Å². The normalized spacial score (nSPS) is 10.5. The SMILES string of the molecule is O=C(CCCC(=O)Nc1ccc(Br)cc1)NN=Cc1ccccc1. The van der Waals surface area contributed by atoms with E-state index in [-0.39, 0.29) is 24.7 Å². The van der Waals surface area contributed by atoms with Crippen LogP contribution in [-0.2, 0) is 9.59 Å². The first-order valence-electron chi connectivity index (χ1n) is 7.56. The minimum atomic E-state index is -0.210. The molecule has 6 heteroatoms. The van der Waals surface area contributed by atoms with Gasteiger partial charge in [-0.05, 0) is 36.2 Å². The molecule has 0 saturated heterocycles. The highest BCUT2D eigenvalue weighted by Gasteiger charge is 2.05. The van der Waals surface area contributed by atoms with Crippen LogP contribution in [0.4, 0.5) is 5.69 Å². The number of anilines is 1. The average Bonchev–Trinajstić information content (AvgIpc) is 2.58. The maximum absolute atomic E-state index is 11.8. The van der Waals surface area contributed by atoms with Crippen LogP contribution in [0, 0.1) is 0 Å². The molecular weight excluding hydrogens is 370 g/mol. The van der Waals surface area contributed by atoms with Crippen LogP contribution in [0.5, 0.6) is 0 Å². The summed E-state index contributed by atoms with van der Waals surface area (Å²) in [5.74, 6) is -0.323. The van der Waals surface area contributed by atoms with E-state index in [1.54, 1.807) is 6.21 Å². The molecular formula is C18H18BrN3O2. The molecule has 0 aliphatic carbocycles. The second-order valence-electron chi connectivity index (χ2n) is 5.11. The van der Waals surface area contributed by atoms with Crippen LogP contribution in [-0.4, -0.2) is 18.0 Å². The monoisotopic (exact) mass is 387 g/mol. The van der Waals surface area contributed by atoms with Crippen molar-refractivity contribution in [2.45, 2.75) is 19.3 Å². The predicted molar refractivity (Wildman–Crippen MR) is 98.8 cm³/mol. The molecule has 2 aromatic carbocycles. The molecule has 0 spiro atoms. The van der Waals surface area contributed by atoms with Crippen molar-refractivity contribution in [1.29, 1.82) is 0 Å². The number of carbonyl (C=O) groups is 2. The van der Waals surface area contributed by atoms with Gasteiger partial charge >= 0.3 is 0 Å². The van der Waals surface area contributed by atoms with Gasteiger partial charge in [0.25, 0.3) is 0 Å². The quantitative estimate of drug-likeness (QED) is 0.561. The Balaban J connectivity index is 1.64. The lowest BCUT2D eigenvalue weighted by Crippen LogP contribution is -2.18. The number of benzene rings is 2. The smallest absolute Gasteiger partial charge is 0.240 e. The van der Waals surface area contributed by atoms with E-state index in [4.69, 9.17) is 0 Å². The lowest BCUT2D eigenvalue weighted by atomic mass is 10.2. The van der Waals surface area contributed by atoms with Gasteiger partial charge in [0.2, 0.25) is 11.8 Å². The van der Waals surface area contributed by atoms with Crippen molar-refractivity contribution in [2.24, 2.45) is 5.10 Å². The van der Waals surface area contributed by atoms with Crippen molar-refractivity contribution in [1.82, 2.24) is 5.43 Å². The van der Waals surface area contributed by atoms with Crippen LogP contribution in [0.2, 0.25) is 0 Å². The molecule has 0 aliphatic heterocycles. The molecule has 124 valence electrons. The van der Waals surface area contributed by atoms with Gasteiger partial charge < -0.3 is 5.32 Å². The number of hydrazone groups is 1. The summed E-state index contributed by atoms with van der Waals surface area (Å²) in [4.78, 5) is 23.4. The zero-order valence-electron chi connectivity index (χ0n) is 13.0. The van der Waals surface area contributed by atoms with E-state index in [1.807, 2.05) is 54.6 Å². The Labute approximate surface area is 149 Å². The van der Waals surface area contributed by atoms with Crippen LogP contribution in [0.1, 0.15) is 24.8 Å². The maximum atomic E-state index is 11.8. The molecule has 0 atom stereocenters. The first-order chi connectivity index (χ1) is 11.6. The molecule has 5 nitrogen and oxygen atoms in total. The van der Waals surface area contributed by atoms with Gasteiger partial charge in [0, 0.05) is 23.0 Å². The number of hydrogen-bond acceptors (Lipinski definition) is 3. The Hall–Kier alpha value is -2.47. The van der Waals surface area contributed by atoms with E-state index in [9.17, 15) is 9.59 Å². The number of nitrogens with one attached hydrogen (secondary N) is 2. The highest BCUT2D eigenvalue weighted by atomic mass is 79.9. The third-order valence-electron chi connectivity index (χ3n) is 3.14. The number of hydrogen-bond donors (Lipinski definition) is 2. The lowest BCUT2D eigenvalue weighted by Gasteiger charge is -2.05. The summed E-state index contributed by atoms with van der Waals surface area (Å²) < 4.78 is 0.952. The van der Waals surface area contributed by atoms with Gasteiger partial charge in [0.15, 0.2) is 0 Å². The molecule has 2 N–H and O–H groups in total. The summed E-state index contributed by atoms with van der Waals surface area (Å²) in [6.45, 7) is 0. The van der Waals surface area contributed by atoms with Crippen molar-refractivity contribution in [3.63, 3.8) is 0 Å². The van der Waals surface area contributed by atoms with Crippen molar-refractivity contribution in [2.75, 3.05) is 5.32 Å². The maximum Gasteiger partial charge on any atom is 0.240 e. The van der Waals surface area contributed by atoms with Crippen molar-refractivity contribution in [3.05, 3.63) is 64.6 Å². The van der Waals surface area contributed by atoms with E-state index >= 15 is 0 Å². The summed E-state index contributed by atoms with van der Waals surface area (Å²) in [6.07, 6.45) is 2.58. The topological polar surface area (TPSA) is 70.6 Å². The molecule has 0 fully saturated rings. The average molecular weight is 388 g/mol. The Bertz CT molecular complexity index is 700. The fourth-order valence-electron chi connectivity index (χ4n) is 1.94. The van der Waals surface area contributed by atoms with Gasteiger partial charge in [-0.25, -0.2) is 5.43 Å². The molecule has 24 heavy (non-hydrogen) atoms. The number of rotatable bonds is 7. The molecule has 2 aromatic rings. The van der Waals surface area contributed by atoms with Gasteiger partial charge in [-0.3, -0.25) is 9.59 Å². The lowest BCUT2D eigenvalue weighted by molar-refractivity contribution is -0.121. The van der Waals surface area contributed by atoms with Crippen LogP contribution in [0.25, 0.3) is 0 Å². The fraction of sp³-hybridized carbons (Fsp3) is 0.167. The highest BCUT2D eigenvalue weighted by Crippen LogP contribution is 2.14. The van der Waals surface area contributed by atoms with Crippen LogP contribution < -0.4 is 10.7 Å². The molecule has 0 aliphatic rings. The highest BCUT2D eigenvalue weighted by molar-refractivity contribution is 9.10. The van der Waals surface area contributed by atoms with E-state index in [2.05, 4.69) is 31.8 Å². The number of amides is 2. The molecule has 0 aromatic heterocycles.